The van der Waals surface area contributed by atoms with Gasteiger partial charge >= 0.3 is 7.60 Å². The quantitative estimate of drug-likeness (QED) is 0.474. The molecule has 0 radical (unpaired) electrons. The van der Waals surface area contributed by atoms with E-state index in [1.807, 2.05) is 0 Å². The molecule has 1 atom stereocenters. The number of nitrogens with one attached hydrogen (secondary N) is 1. The molecule has 4 N–H and O–H groups in total. The van der Waals surface area contributed by atoms with Gasteiger partial charge in [-0.3, -0.25) is 18.9 Å². The molecule has 2 rings (SSSR count). The average molecular weight is 317 g/mol. The Balaban J connectivity index is 1.87. The minimum Gasteiger partial charge on any atom is -0.369 e. The number of imidazole rings is 1. The monoisotopic (exact) mass is 317 g/mol. The van der Waals surface area contributed by atoms with E-state index in [-0.39, 0.29) is 24.8 Å². The van der Waals surface area contributed by atoms with E-state index in [1.54, 1.807) is 4.57 Å². The number of nitrogen functional groups attached to an aromatic ring is 1. The van der Waals surface area contributed by atoms with Crippen LogP contribution in [0.5, 0.6) is 0 Å². The van der Waals surface area contributed by atoms with E-state index in [4.69, 9.17) is 19.9 Å². The van der Waals surface area contributed by atoms with Crippen LogP contribution in [-0.2, 0) is 20.6 Å². The Hall–Kier alpha value is -1.74. The molecule has 2 heterocycles. The summed E-state index contributed by atoms with van der Waals surface area (Å²) in [7, 11) is -3.44. The number of aromatic nitrogens is 4. The molecule has 116 valence electrons. The van der Waals surface area contributed by atoms with Gasteiger partial charge < -0.3 is 19.9 Å². The Morgan fingerprint density at radius 1 is 1.52 bits per heavy atom. The smallest absolute Gasteiger partial charge is 0.325 e. The van der Waals surface area contributed by atoms with Crippen molar-refractivity contribution in [2.24, 2.45) is 0 Å². The summed E-state index contributed by atoms with van der Waals surface area (Å²) < 4.78 is 22.5. The van der Waals surface area contributed by atoms with Crippen LogP contribution >= 0.6 is 7.60 Å². The van der Waals surface area contributed by atoms with Crippen molar-refractivity contribution in [3.8, 4) is 0 Å². The summed E-state index contributed by atoms with van der Waals surface area (Å²) in [6.45, 7) is 1.70. The molecule has 0 aliphatic rings. The molecule has 1 unspecified atom stereocenters. The van der Waals surface area contributed by atoms with Gasteiger partial charge in [0.05, 0.1) is 19.5 Å². The maximum absolute atomic E-state index is 11.6. The Morgan fingerprint density at radius 2 is 2.29 bits per heavy atom. The lowest BCUT2D eigenvalue weighted by Crippen LogP contribution is -2.13. The lowest BCUT2D eigenvalue weighted by atomic mass is 10.5. The number of anilines is 1. The molecule has 11 heteroatoms. The van der Waals surface area contributed by atoms with Crippen molar-refractivity contribution in [1.29, 1.82) is 0 Å². The second-order valence-corrected chi connectivity index (χ2v) is 6.23. The molecular formula is C10H16N5O5P. The third kappa shape index (κ3) is 4.36. The molecule has 0 bridgehead atoms. The summed E-state index contributed by atoms with van der Waals surface area (Å²) in [5.74, 6) is 0.00398. The van der Waals surface area contributed by atoms with Crippen LogP contribution in [0.15, 0.2) is 11.1 Å². The summed E-state index contributed by atoms with van der Waals surface area (Å²) in [5.41, 5.74) is 5.58. The van der Waals surface area contributed by atoms with Crippen LogP contribution < -0.4 is 11.3 Å². The fraction of sp³-hybridized carbons (Fsp3) is 0.500. The van der Waals surface area contributed by atoms with Crippen LogP contribution in [0.4, 0.5) is 5.95 Å². The Bertz CT molecular complexity index is 720. The summed E-state index contributed by atoms with van der Waals surface area (Å²) in [6, 6.07) is 0. The lowest BCUT2D eigenvalue weighted by Gasteiger charge is -2.08. The van der Waals surface area contributed by atoms with E-state index in [1.165, 1.54) is 6.33 Å². The standard InChI is InChI=1S/C10H16N5O5P/c1-21(17,18)20-4-2-3-19-6-15-5-12-7-8(15)13-10(11)14-9(7)16/h5H,2-4,6H2,1H3,(H,17,18)(H3,11,13,14,16). The number of aromatic amines is 1. The number of H-pyrrole nitrogens is 1. The van der Waals surface area contributed by atoms with Gasteiger partial charge in [-0.15, -0.1) is 0 Å². The zero-order valence-electron chi connectivity index (χ0n) is 11.4. The maximum Gasteiger partial charge on any atom is 0.325 e. The molecule has 0 saturated carbocycles. The number of nitrogens with two attached hydrogens (primary N) is 1. The number of hydrogen-bond donors (Lipinski definition) is 3. The molecule has 0 spiro atoms. The van der Waals surface area contributed by atoms with Crippen LogP contribution in [-0.4, -0.2) is 44.3 Å². The Kier molecular flexibility index (Phi) is 4.73. The van der Waals surface area contributed by atoms with Crippen molar-refractivity contribution in [3.63, 3.8) is 0 Å². The van der Waals surface area contributed by atoms with Crippen LogP contribution in [0.3, 0.4) is 0 Å². The normalized spacial score (nSPS) is 14.4. The Morgan fingerprint density at radius 3 is 3.00 bits per heavy atom. The first-order chi connectivity index (χ1) is 9.87. The van der Waals surface area contributed by atoms with Crippen molar-refractivity contribution < 1.29 is 18.7 Å². The maximum atomic E-state index is 11.6. The van der Waals surface area contributed by atoms with E-state index in [0.29, 0.717) is 18.7 Å². The summed E-state index contributed by atoms with van der Waals surface area (Å²) in [5, 5.41) is 0. The van der Waals surface area contributed by atoms with Crippen molar-refractivity contribution in [3.05, 3.63) is 16.7 Å². The van der Waals surface area contributed by atoms with Gasteiger partial charge in [0.15, 0.2) is 11.2 Å². The zero-order chi connectivity index (χ0) is 15.5. The fourth-order valence-corrected chi connectivity index (χ4v) is 2.09. The SMILES string of the molecule is CP(=O)(O)OCCCOCn1cnc2c(=O)[nH]c(N)nc21. The van der Waals surface area contributed by atoms with E-state index in [0.717, 1.165) is 6.66 Å². The van der Waals surface area contributed by atoms with Crippen molar-refractivity contribution >= 4 is 24.7 Å². The topological polar surface area (TPSA) is 145 Å². The molecule has 0 aromatic carbocycles. The molecule has 2 aromatic rings. The van der Waals surface area contributed by atoms with Crippen LogP contribution in [0, 0.1) is 0 Å². The van der Waals surface area contributed by atoms with Crippen LogP contribution in [0.2, 0.25) is 0 Å². The van der Waals surface area contributed by atoms with E-state index in [2.05, 4.69) is 15.0 Å². The molecule has 0 amide bonds. The highest BCUT2D eigenvalue weighted by Crippen LogP contribution is 2.36. The minimum absolute atomic E-state index is 0.00398. The Labute approximate surface area is 119 Å². The number of fused-ring (bicyclic) bond motifs is 1. The predicted octanol–water partition coefficient (Wildman–Crippen LogP) is -0.102. The third-order valence-electron chi connectivity index (χ3n) is 2.49. The molecule has 10 nitrogen and oxygen atoms in total. The van der Waals surface area contributed by atoms with Crippen molar-refractivity contribution in [1.82, 2.24) is 19.5 Å². The summed E-state index contributed by atoms with van der Waals surface area (Å²) in [6.07, 6.45) is 1.89. The summed E-state index contributed by atoms with van der Waals surface area (Å²) >= 11 is 0. The first-order valence-corrected chi connectivity index (χ1v) is 8.12. The highest BCUT2D eigenvalue weighted by molar-refractivity contribution is 7.51. The second-order valence-electron chi connectivity index (χ2n) is 4.36. The van der Waals surface area contributed by atoms with Gasteiger partial charge in [0.1, 0.15) is 6.73 Å². The molecule has 21 heavy (non-hydrogen) atoms. The number of rotatable bonds is 7. The molecule has 2 aromatic heterocycles. The molecule has 0 fully saturated rings. The van der Waals surface area contributed by atoms with Crippen LogP contribution in [0.1, 0.15) is 6.42 Å². The van der Waals surface area contributed by atoms with Crippen molar-refractivity contribution in [2.45, 2.75) is 13.2 Å². The van der Waals surface area contributed by atoms with E-state index < -0.39 is 13.2 Å². The van der Waals surface area contributed by atoms with Crippen LogP contribution in [0.25, 0.3) is 11.2 Å². The zero-order valence-corrected chi connectivity index (χ0v) is 12.2. The van der Waals surface area contributed by atoms with Gasteiger partial charge in [-0.1, -0.05) is 0 Å². The van der Waals surface area contributed by atoms with Gasteiger partial charge in [-0.25, -0.2) is 4.98 Å². The van der Waals surface area contributed by atoms with Crippen molar-refractivity contribution in [2.75, 3.05) is 25.6 Å². The minimum atomic E-state index is -3.44. The van der Waals surface area contributed by atoms with E-state index in [9.17, 15) is 9.36 Å². The highest BCUT2D eigenvalue weighted by Gasteiger charge is 2.10. The number of hydrogen-bond acceptors (Lipinski definition) is 7. The number of nitrogens with zero attached hydrogens (tertiary/aromatic N) is 3. The highest BCUT2D eigenvalue weighted by atomic mass is 31.2. The largest absolute Gasteiger partial charge is 0.369 e. The van der Waals surface area contributed by atoms with Gasteiger partial charge in [0.25, 0.3) is 5.56 Å². The average Bonchev–Trinajstić information content (AvgIpc) is 2.75. The van der Waals surface area contributed by atoms with Gasteiger partial charge in [-0.05, 0) is 6.42 Å². The second kappa shape index (κ2) is 6.35. The first kappa shape index (κ1) is 15.6. The third-order valence-corrected chi connectivity index (χ3v) is 3.15. The first-order valence-electron chi connectivity index (χ1n) is 6.10. The van der Waals surface area contributed by atoms with Gasteiger partial charge in [0, 0.05) is 6.66 Å². The molecule has 0 aliphatic carbocycles. The lowest BCUT2D eigenvalue weighted by molar-refractivity contribution is 0.0689. The molecule has 0 aliphatic heterocycles. The predicted molar refractivity (Wildman–Crippen MR) is 74.8 cm³/mol. The molecule has 0 saturated heterocycles. The van der Waals surface area contributed by atoms with Gasteiger partial charge in [0.2, 0.25) is 5.95 Å². The van der Waals surface area contributed by atoms with Gasteiger partial charge in [-0.2, -0.15) is 4.98 Å². The molecular weight excluding hydrogens is 301 g/mol. The summed E-state index contributed by atoms with van der Waals surface area (Å²) in [4.78, 5) is 30.8. The fourth-order valence-electron chi connectivity index (χ4n) is 1.62. The number of ether oxygens (including phenoxy) is 1. The van der Waals surface area contributed by atoms with E-state index >= 15 is 0 Å².